The lowest BCUT2D eigenvalue weighted by atomic mass is 9.69. The molecule has 5 nitrogen and oxygen atoms in total. The quantitative estimate of drug-likeness (QED) is 0.552. The number of anilines is 1. The fourth-order valence-corrected chi connectivity index (χ4v) is 4.13. The maximum Gasteiger partial charge on any atom is 0.0850 e. The highest BCUT2D eigenvalue weighted by molar-refractivity contribution is 5.58. The van der Waals surface area contributed by atoms with Gasteiger partial charge in [-0.3, -0.25) is 0 Å². The van der Waals surface area contributed by atoms with Crippen LogP contribution in [0.15, 0.2) is 18.2 Å². The monoisotopic (exact) mass is 331 g/mol. The van der Waals surface area contributed by atoms with Crippen molar-refractivity contribution in [2.45, 2.75) is 55.5 Å². The maximum atomic E-state index is 6.66. The third-order valence-corrected chi connectivity index (χ3v) is 5.68. The van der Waals surface area contributed by atoms with Gasteiger partial charge < -0.3 is 24.7 Å². The molecular formula is C19H25NO4. The lowest BCUT2D eigenvalue weighted by Gasteiger charge is -2.35. The van der Waals surface area contributed by atoms with Gasteiger partial charge in [0.1, 0.15) is 0 Å². The highest BCUT2D eigenvalue weighted by atomic mass is 16.6. The van der Waals surface area contributed by atoms with Gasteiger partial charge in [-0.05, 0) is 30.4 Å². The number of benzene rings is 1. The van der Waals surface area contributed by atoms with Crippen molar-refractivity contribution in [2.24, 2.45) is 0 Å². The largest absolute Gasteiger partial charge is 0.398 e. The zero-order chi connectivity index (χ0) is 16.1. The molecule has 1 aromatic rings. The van der Waals surface area contributed by atoms with Crippen LogP contribution >= 0.6 is 0 Å². The minimum atomic E-state index is -0.00595. The van der Waals surface area contributed by atoms with Crippen molar-refractivity contribution < 1.29 is 18.9 Å². The summed E-state index contributed by atoms with van der Waals surface area (Å²) in [5, 5.41) is 0. The van der Waals surface area contributed by atoms with Crippen molar-refractivity contribution in [2.75, 3.05) is 32.2 Å². The Morgan fingerprint density at radius 1 is 0.833 bits per heavy atom. The van der Waals surface area contributed by atoms with Gasteiger partial charge in [-0.1, -0.05) is 18.2 Å². The van der Waals surface area contributed by atoms with E-state index in [2.05, 4.69) is 18.2 Å². The Morgan fingerprint density at radius 3 is 1.79 bits per heavy atom. The van der Waals surface area contributed by atoms with E-state index in [-0.39, 0.29) is 5.41 Å². The molecule has 4 fully saturated rings. The van der Waals surface area contributed by atoms with Gasteiger partial charge in [-0.15, -0.1) is 0 Å². The third-order valence-electron chi connectivity index (χ3n) is 5.68. The first-order valence-electron chi connectivity index (χ1n) is 9.06. The molecule has 0 aromatic heterocycles. The van der Waals surface area contributed by atoms with Crippen LogP contribution < -0.4 is 5.73 Å². The molecule has 4 heterocycles. The molecule has 5 rings (SSSR count). The van der Waals surface area contributed by atoms with Gasteiger partial charge in [-0.25, -0.2) is 0 Å². The van der Waals surface area contributed by atoms with Crippen molar-refractivity contribution in [1.82, 2.24) is 0 Å². The fraction of sp³-hybridized carbons (Fsp3) is 0.684. The number of nitrogen functional groups attached to an aromatic ring is 1. The summed E-state index contributed by atoms with van der Waals surface area (Å²) in [4.78, 5) is 0. The summed E-state index contributed by atoms with van der Waals surface area (Å²) in [6, 6.07) is 6.49. The summed E-state index contributed by atoms with van der Waals surface area (Å²) in [6.07, 6.45) is 5.38. The molecule has 0 spiro atoms. The number of para-hydroxylation sites is 1. The zero-order valence-corrected chi connectivity index (χ0v) is 13.9. The van der Waals surface area contributed by atoms with Crippen LogP contribution in [-0.2, 0) is 30.8 Å². The van der Waals surface area contributed by atoms with Gasteiger partial charge in [0, 0.05) is 17.5 Å². The van der Waals surface area contributed by atoms with Crippen molar-refractivity contribution >= 4 is 5.69 Å². The van der Waals surface area contributed by atoms with E-state index >= 15 is 0 Å². The number of hydrogen-bond acceptors (Lipinski definition) is 5. The summed E-state index contributed by atoms with van der Waals surface area (Å²) in [5.41, 5.74) is 10.1. The lowest BCUT2D eigenvalue weighted by Crippen LogP contribution is -2.33. The molecule has 0 amide bonds. The predicted octanol–water partition coefficient (Wildman–Crippen LogP) is 1.81. The second kappa shape index (κ2) is 5.70. The number of ether oxygens (including phenoxy) is 4. The van der Waals surface area contributed by atoms with Gasteiger partial charge in [-0.2, -0.15) is 0 Å². The van der Waals surface area contributed by atoms with Crippen molar-refractivity contribution in [3.8, 4) is 0 Å². The van der Waals surface area contributed by atoms with Crippen LogP contribution in [0.5, 0.6) is 0 Å². The molecule has 1 aromatic carbocycles. The predicted molar refractivity (Wildman–Crippen MR) is 89.0 cm³/mol. The lowest BCUT2D eigenvalue weighted by molar-refractivity contribution is 0.233. The first-order valence-corrected chi connectivity index (χ1v) is 9.06. The normalized spacial score (nSPS) is 35.3. The fourth-order valence-electron chi connectivity index (χ4n) is 4.13. The molecule has 24 heavy (non-hydrogen) atoms. The van der Waals surface area contributed by atoms with Crippen LogP contribution in [0, 0.1) is 0 Å². The number of rotatable bonds is 9. The van der Waals surface area contributed by atoms with Gasteiger partial charge in [0.2, 0.25) is 0 Å². The van der Waals surface area contributed by atoms with Crippen LogP contribution in [0.25, 0.3) is 0 Å². The number of epoxide rings is 4. The minimum Gasteiger partial charge on any atom is -0.398 e. The Morgan fingerprint density at radius 2 is 1.33 bits per heavy atom. The Kier molecular flexibility index (Phi) is 3.59. The van der Waals surface area contributed by atoms with E-state index in [0.717, 1.165) is 57.8 Å². The third kappa shape index (κ3) is 3.31. The molecule has 0 saturated carbocycles. The highest BCUT2D eigenvalue weighted by Gasteiger charge is 2.48. The molecule has 4 atom stereocenters. The summed E-state index contributed by atoms with van der Waals surface area (Å²) >= 11 is 0. The van der Waals surface area contributed by atoms with Crippen LogP contribution in [0.2, 0.25) is 0 Å². The van der Waals surface area contributed by atoms with Crippen LogP contribution in [-0.4, -0.2) is 50.8 Å². The Balaban J connectivity index is 1.50. The number of hydrogen-bond donors (Lipinski definition) is 1. The zero-order valence-electron chi connectivity index (χ0n) is 13.9. The van der Waals surface area contributed by atoms with Crippen molar-refractivity contribution in [3.63, 3.8) is 0 Å². The molecule has 4 unspecified atom stereocenters. The molecule has 0 bridgehead atoms. The molecule has 4 saturated heterocycles. The number of nitrogens with two attached hydrogens (primary N) is 1. The van der Waals surface area contributed by atoms with E-state index in [1.54, 1.807) is 0 Å². The van der Waals surface area contributed by atoms with Crippen molar-refractivity contribution in [3.05, 3.63) is 29.3 Å². The first-order chi connectivity index (χ1) is 11.7. The van der Waals surface area contributed by atoms with Crippen molar-refractivity contribution in [1.29, 1.82) is 0 Å². The highest BCUT2D eigenvalue weighted by Crippen LogP contribution is 2.48. The van der Waals surface area contributed by atoms with Gasteiger partial charge >= 0.3 is 0 Å². The molecule has 4 aliphatic rings. The Hall–Kier alpha value is -1.14. The van der Waals surface area contributed by atoms with Crippen LogP contribution in [0.4, 0.5) is 5.69 Å². The second-order valence-electron chi connectivity index (χ2n) is 7.80. The van der Waals surface area contributed by atoms with E-state index in [9.17, 15) is 0 Å². The van der Waals surface area contributed by atoms with Gasteiger partial charge in [0.05, 0.1) is 50.8 Å². The smallest absolute Gasteiger partial charge is 0.0850 e. The van der Waals surface area contributed by atoms with E-state index in [0.29, 0.717) is 24.4 Å². The van der Waals surface area contributed by atoms with Crippen LogP contribution in [0.3, 0.4) is 0 Å². The van der Waals surface area contributed by atoms with Crippen LogP contribution in [0.1, 0.15) is 30.4 Å². The summed E-state index contributed by atoms with van der Waals surface area (Å²) < 4.78 is 22.2. The average molecular weight is 331 g/mol. The van der Waals surface area contributed by atoms with E-state index in [4.69, 9.17) is 24.7 Å². The van der Waals surface area contributed by atoms with E-state index in [1.165, 1.54) is 11.1 Å². The second-order valence-corrected chi connectivity index (χ2v) is 7.80. The SMILES string of the molecule is Nc1c(CC2CO2)cccc1C(CC1CO1)(CC1CO1)CC1CO1. The Bertz CT molecular complexity index is 582. The minimum absolute atomic E-state index is 0.00595. The molecule has 2 N–H and O–H groups in total. The molecule has 5 heteroatoms. The topological polar surface area (TPSA) is 76.1 Å². The van der Waals surface area contributed by atoms with E-state index in [1.807, 2.05) is 0 Å². The van der Waals surface area contributed by atoms with Gasteiger partial charge in [0.25, 0.3) is 0 Å². The first kappa shape index (κ1) is 15.1. The molecular weight excluding hydrogens is 306 g/mol. The molecule has 4 aliphatic heterocycles. The molecule has 0 aliphatic carbocycles. The summed E-state index contributed by atoms with van der Waals surface area (Å²) in [7, 11) is 0. The maximum absolute atomic E-state index is 6.66. The Labute approximate surface area is 142 Å². The summed E-state index contributed by atoms with van der Waals surface area (Å²) in [5.74, 6) is 0. The standard InChI is InChI=1S/C19H25NO4/c20-18-12(4-13-8-21-13)2-1-3-17(18)19(5-14-9-22-14,6-15-10-23-15)7-16-11-24-16/h1-3,13-16H,4-11,20H2. The molecule has 130 valence electrons. The van der Waals surface area contributed by atoms with Gasteiger partial charge in [0.15, 0.2) is 0 Å². The average Bonchev–Trinajstić information content (AvgIpc) is 3.41. The van der Waals surface area contributed by atoms with E-state index < -0.39 is 0 Å². The molecule has 0 radical (unpaired) electrons. The summed E-state index contributed by atoms with van der Waals surface area (Å²) in [6.45, 7) is 3.47.